The van der Waals surface area contributed by atoms with Crippen molar-refractivity contribution in [3.8, 4) is 5.75 Å². The van der Waals surface area contributed by atoms with Crippen molar-refractivity contribution in [1.29, 1.82) is 0 Å². The van der Waals surface area contributed by atoms with Crippen LogP contribution in [0.25, 0.3) is 0 Å². The van der Waals surface area contributed by atoms with Crippen LogP contribution < -0.4 is 4.74 Å². The van der Waals surface area contributed by atoms with E-state index in [0.717, 1.165) is 5.56 Å². The lowest BCUT2D eigenvalue weighted by molar-refractivity contribution is 0.0303. The van der Waals surface area contributed by atoms with Gasteiger partial charge in [-0.2, -0.15) is 0 Å². The molecule has 4 rings (SSSR count). The molecular weight excluding hydrogens is 415 g/mol. The number of hydrogen-bond donors (Lipinski definition) is 0. The van der Waals surface area contributed by atoms with Crippen molar-refractivity contribution >= 4 is 11.7 Å². The van der Waals surface area contributed by atoms with Gasteiger partial charge < -0.3 is 18.9 Å². The molecule has 7 nitrogen and oxygen atoms in total. The van der Waals surface area contributed by atoms with Crippen molar-refractivity contribution in [2.45, 2.75) is 20.0 Å². The zero-order chi connectivity index (χ0) is 22.5. The van der Waals surface area contributed by atoms with Crippen LogP contribution in [0.1, 0.15) is 37.5 Å². The summed E-state index contributed by atoms with van der Waals surface area (Å²) in [6, 6.07) is 10.8. The van der Waals surface area contributed by atoms with E-state index in [9.17, 15) is 14.0 Å². The molecule has 1 fully saturated rings. The molecule has 166 valence electrons. The highest BCUT2D eigenvalue weighted by Crippen LogP contribution is 2.25. The van der Waals surface area contributed by atoms with E-state index in [1.807, 2.05) is 0 Å². The Balaban J connectivity index is 1.59. The number of Topliss-reactive ketones (excluding diaryl/α,β-unsaturated/α-hetero) is 1. The lowest BCUT2D eigenvalue weighted by Crippen LogP contribution is -2.40. The average Bonchev–Trinajstić information content (AvgIpc) is 3.22. The monoisotopic (exact) mass is 438 g/mol. The Morgan fingerprint density at radius 3 is 2.56 bits per heavy atom. The number of ether oxygens (including phenoxy) is 2. The SMILES string of the molecule is Cc1nocc1CC(=O)c1cc(C(=O)N2CCOCC2)ccc1OCc1ccc(F)cc1. The Hall–Kier alpha value is -3.52. The summed E-state index contributed by atoms with van der Waals surface area (Å²) in [6.45, 7) is 3.90. The average molecular weight is 438 g/mol. The Bertz CT molecular complexity index is 1100. The van der Waals surface area contributed by atoms with Gasteiger partial charge in [0, 0.05) is 30.6 Å². The molecule has 0 bridgehead atoms. The largest absolute Gasteiger partial charge is 0.488 e. The first-order valence-electron chi connectivity index (χ1n) is 10.3. The molecule has 1 aliphatic rings. The summed E-state index contributed by atoms with van der Waals surface area (Å²) in [7, 11) is 0. The molecule has 0 N–H and O–H groups in total. The molecule has 0 radical (unpaired) electrons. The third-order valence-corrected chi connectivity index (χ3v) is 5.33. The number of halogens is 1. The molecule has 0 aliphatic carbocycles. The van der Waals surface area contributed by atoms with Gasteiger partial charge in [0.25, 0.3) is 5.91 Å². The minimum Gasteiger partial charge on any atom is -0.488 e. The summed E-state index contributed by atoms with van der Waals surface area (Å²) in [5.41, 5.74) is 2.77. The number of nitrogens with zero attached hydrogens (tertiary/aromatic N) is 2. The van der Waals surface area contributed by atoms with Crippen LogP contribution in [0.15, 0.2) is 53.3 Å². The van der Waals surface area contributed by atoms with Crippen molar-refractivity contribution in [3.63, 3.8) is 0 Å². The lowest BCUT2D eigenvalue weighted by atomic mass is 10.00. The smallest absolute Gasteiger partial charge is 0.254 e. The fraction of sp³-hybridized carbons (Fsp3) is 0.292. The third-order valence-electron chi connectivity index (χ3n) is 5.33. The van der Waals surface area contributed by atoms with Crippen molar-refractivity contribution in [1.82, 2.24) is 10.1 Å². The van der Waals surface area contributed by atoms with E-state index in [-0.39, 0.29) is 30.5 Å². The maximum atomic E-state index is 13.2. The lowest BCUT2D eigenvalue weighted by Gasteiger charge is -2.27. The first-order valence-corrected chi connectivity index (χ1v) is 10.3. The maximum Gasteiger partial charge on any atom is 0.254 e. The second-order valence-corrected chi connectivity index (χ2v) is 7.56. The normalized spacial score (nSPS) is 13.8. The number of morpholine rings is 1. The number of rotatable bonds is 7. The van der Waals surface area contributed by atoms with E-state index in [2.05, 4.69) is 5.16 Å². The van der Waals surface area contributed by atoms with Crippen LogP contribution in [0.3, 0.4) is 0 Å². The summed E-state index contributed by atoms with van der Waals surface area (Å²) in [5, 5.41) is 3.81. The van der Waals surface area contributed by atoms with Crippen LogP contribution in [-0.2, 0) is 17.8 Å². The van der Waals surface area contributed by atoms with Crippen LogP contribution in [0.5, 0.6) is 5.75 Å². The Labute approximate surface area is 184 Å². The molecule has 0 unspecified atom stereocenters. The van der Waals surface area contributed by atoms with E-state index in [1.165, 1.54) is 18.4 Å². The van der Waals surface area contributed by atoms with Crippen molar-refractivity contribution < 1.29 is 28.0 Å². The van der Waals surface area contributed by atoms with Gasteiger partial charge in [0.2, 0.25) is 0 Å². The second-order valence-electron chi connectivity index (χ2n) is 7.56. The number of benzene rings is 2. The van der Waals surface area contributed by atoms with Gasteiger partial charge in [0.05, 0.1) is 24.5 Å². The molecule has 2 heterocycles. The zero-order valence-electron chi connectivity index (χ0n) is 17.7. The van der Waals surface area contributed by atoms with Crippen molar-refractivity contribution in [2.75, 3.05) is 26.3 Å². The molecule has 8 heteroatoms. The summed E-state index contributed by atoms with van der Waals surface area (Å²) >= 11 is 0. The maximum absolute atomic E-state index is 13.2. The quantitative estimate of drug-likeness (QED) is 0.525. The molecule has 0 atom stereocenters. The number of amides is 1. The summed E-state index contributed by atoms with van der Waals surface area (Å²) in [4.78, 5) is 27.8. The summed E-state index contributed by atoms with van der Waals surface area (Å²) in [6.07, 6.45) is 1.51. The van der Waals surface area contributed by atoms with Gasteiger partial charge in [0.15, 0.2) is 5.78 Å². The van der Waals surface area contributed by atoms with E-state index >= 15 is 0 Å². The van der Waals surface area contributed by atoms with Gasteiger partial charge in [-0.1, -0.05) is 17.3 Å². The molecule has 1 aromatic heterocycles. The molecule has 0 spiro atoms. The number of ketones is 1. The minimum absolute atomic E-state index is 0.0669. The number of hydrogen-bond acceptors (Lipinski definition) is 6. The molecule has 3 aromatic rings. The third kappa shape index (κ3) is 5.03. The van der Waals surface area contributed by atoms with E-state index in [1.54, 1.807) is 42.2 Å². The van der Waals surface area contributed by atoms with Gasteiger partial charge >= 0.3 is 0 Å². The van der Waals surface area contributed by atoms with Crippen LogP contribution in [-0.4, -0.2) is 48.1 Å². The Kier molecular flexibility index (Phi) is 6.61. The van der Waals surface area contributed by atoms with Crippen LogP contribution in [0.4, 0.5) is 4.39 Å². The highest BCUT2D eigenvalue weighted by Gasteiger charge is 2.22. The molecule has 2 aromatic carbocycles. The van der Waals surface area contributed by atoms with Crippen LogP contribution in [0, 0.1) is 12.7 Å². The van der Waals surface area contributed by atoms with Crippen molar-refractivity contribution in [3.05, 3.63) is 82.5 Å². The predicted octanol–water partition coefficient (Wildman–Crippen LogP) is 3.60. The van der Waals surface area contributed by atoms with Gasteiger partial charge in [-0.15, -0.1) is 0 Å². The van der Waals surface area contributed by atoms with E-state index in [4.69, 9.17) is 14.0 Å². The molecule has 1 aliphatic heterocycles. The van der Waals surface area contributed by atoms with Gasteiger partial charge in [-0.3, -0.25) is 9.59 Å². The predicted molar refractivity (Wildman–Crippen MR) is 113 cm³/mol. The summed E-state index contributed by atoms with van der Waals surface area (Å²) < 4.78 is 29.3. The fourth-order valence-electron chi connectivity index (χ4n) is 3.45. The van der Waals surface area contributed by atoms with E-state index < -0.39 is 0 Å². The highest BCUT2D eigenvalue weighted by molar-refractivity contribution is 6.03. The topological polar surface area (TPSA) is 81.9 Å². The zero-order valence-corrected chi connectivity index (χ0v) is 17.7. The molecular formula is C24H23FN2O5. The Morgan fingerprint density at radius 1 is 1.12 bits per heavy atom. The fourth-order valence-corrected chi connectivity index (χ4v) is 3.45. The highest BCUT2D eigenvalue weighted by atomic mass is 19.1. The minimum atomic E-state index is -0.334. The van der Waals surface area contributed by atoms with Crippen molar-refractivity contribution in [2.24, 2.45) is 0 Å². The Morgan fingerprint density at radius 2 is 1.88 bits per heavy atom. The molecule has 32 heavy (non-hydrogen) atoms. The summed E-state index contributed by atoms with van der Waals surface area (Å²) in [5.74, 6) is -0.359. The molecule has 0 saturated carbocycles. The van der Waals surface area contributed by atoms with Crippen LogP contribution in [0.2, 0.25) is 0 Å². The molecule has 1 amide bonds. The standard InChI is InChI=1S/C24H23FN2O5/c1-16-19(15-32-26-16)13-22(28)21-12-18(24(29)27-8-10-30-11-9-27)4-7-23(21)31-14-17-2-5-20(25)6-3-17/h2-7,12,15H,8-11,13-14H2,1H3. The van der Waals surface area contributed by atoms with Gasteiger partial charge in [-0.25, -0.2) is 4.39 Å². The first kappa shape index (κ1) is 21.7. The van der Waals surface area contributed by atoms with Gasteiger partial charge in [-0.05, 0) is 42.8 Å². The first-order chi connectivity index (χ1) is 15.5. The number of aryl methyl sites for hydroxylation is 1. The van der Waals surface area contributed by atoms with Gasteiger partial charge in [0.1, 0.15) is 24.4 Å². The van der Waals surface area contributed by atoms with E-state index in [0.29, 0.717) is 54.4 Å². The number of carbonyl (C=O) groups is 2. The second kappa shape index (κ2) is 9.74. The molecule has 1 saturated heterocycles. The van der Waals surface area contributed by atoms with Crippen LogP contribution >= 0.6 is 0 Å². The number of aromatic nitrogens is 1. The number of carbonyl (C=O) groups excluding carboxylic acids is 2.